The highest BCUT2D eigenvalue weighted by Gasteiger charge is 2.30. The lowest BCUT2D eigenvalue weighted by atomic mass is 10.1. The van der Waals surface area contributed by atoms with Gasteiger partial charge in [0, 0.05) is 13.1 Å². The first-order chi connectivity index (χ1) is 13.7. The van der Waals surface area contributed by atoms with Crippen molar-refractivity contribution in [1.29, 1.82) is 0 Å². The van der Waals surface area contributed by atoms with Crippen LogP contribution in [0.1, 0.15) is 37.2 Å². The summed E-state index contributed by atoms with van der Waals surface area (Å²) in [6.07, 6.45) is 1.10. The van der Waals surface area contributed by atoms with E-state index in [0.717, 1.165) is 17.5 Å². The standard InChI is InChI=1S/C20H22FN5O2S/c1-12-6-4-7-13(10-12)11-14(27)25-8-5-9-26(25)19-22-15-16(28)23-18(20(2,3)21)24-17(15)29-19/h4,6-7,10H,5,8-9,11H2,1-3H3,(H,23,24,28). The summed E-state index contributed by atoms with van der Waals surface area (Å²) in [6.45, 7) is 5.89. The van der Waals surface area contributed by atoms with Gasteiger partial charge in [-0.2, -0.15) is 0 Å². The quantitative estimate of drug-likeness (QED) is 0.708. The zero-order valence-corrected chi connectivity index (χ0v) is 17.3. The number of carbonyl (C=O) groups excluding carboxylic acids is 1. The van der Waals surface area contributed by atoms with E-state index in [1.54, 1.807) is 10.0 Å². The predicted octanol–water partition coefficient (Wildman–Crippen LogP) is 3.09. The first-order valence-corrected chi connectivity index (χ1v) is 10.3. The normalized spacial score (nSPS) is 14.8. The van der Waals surface area contributed by atoms with E-state index in [2.05, 4.69) is 15.0 Å². The number of nitrogens with one attached hydrogen (secondary N) is 1. The Hall–Kier alpha value is -2.81. The van der Waals surface area contributed by atoms with Gasteiger partial charge in [-0.1, -0.05) is 41.2 Å². The molecule has 1 N–H and O–H groups in total. The molecular formula is C20H22FN5O2S. The number of amides is 1. The summed E-state index contributed by atoms with van der Waals surface area (Å²) in [5.41, 5.74) is -0.0113. The molecule has 152 valence electrons. The molecule has 1 aromatic carbocycles. The van der Waals surface area contributed by atoms with Crippen molar-refractivity contribution in [1.82, 2.24) is 20.0 Å². The van der Waals surface area contributed by atoms with E-state index in [-0.39, 0.29) is 17.2 Å². The van der Waals surface area contributed by atoms with E-state index >= 15 is 0 Å². The van der Waals surface area contributed by atoms with Gasteiger partial charge in [0.05, 0.1) is 6.42 Å². The van der Waals surface area contributed by atoms with Gasteiger partial charge in [-0.05, 0) is 32.8 Å². The fourth-order valence-electron chi connectivity index (χ4n) is 3.37. The molecule has 0 radical (unpaired) electrons. The molecule has 7 nitrogen and oxygen atoms in total. The molecule has 0 saturated carbocycles. The van der Waals surface area contributed by atoms with Gasteiger partial charge in [-0.25, -0.2) is 14.4 Å². The third kappa shape index (κ3) is 3.87. The van der Waals surface area contributed by atoms with Gasteiger partial charge >= 0.3 is 0 Å². The average molecular weight is 415 g/mol. The lowest BCUT2D eigenvalue weighted by Gasteiger charge is -2.27. The second kappa shape index (κ2) is 7.22. The predicted molar refractivity (Wildman–Crippen MR) is 111 cm³/mol. The first-order valence-electron chi connectivity index (χ1n) is 9.46. The molecule has 0 aliphatic carbocycles. The van der Waals surface area contributed by atoms with Gasteiger partial charge in [0.25, 0.3) is 5.56 Å². The molecular weight excluding hydrogens is 393 g/mol. The second-order valence-electron chi connectivity index (χ2n) is 7.70. The molecule has 4 rings (SSSR count). The molecule has 0 bridgehead atoms. The number of aromatic amines is 1. The van der Waals surface area contributed by atoms with Crippen LogP contribution in [0.5, 0.6) is 0 Å². The van der Waals surface area contributed by atoms with Crippen molar-refractivity contribution >= 4 is 32.7 Å². The average Bonchev–Trinajstić information content (AvgIpc) is 3.27. The van der Waals surface area contributed by atoms with Crippen LogP contribution in [0.2, 0.25) is 0 Å². The number of aromatic nitrogens is 3. The fraction of sp³-hybridized carbons (Fsp3) is 0.400. The minimum absolute atomic E-state index is 0.0280. The molecule has 1 saturated heterocycles. The number of rotatable bonds is 4. The number of H-pyrrole nitrogens is 1. The van der Waals surface area contributed by atoms with E-state index in [1.165, 1.54) is 25.2 Å². The maximum Gasteiger partial charge on any atom is 0.278 e. The van der Waals surface area contributed by atoms with Gasteiger partial charge in [-0.15, -0.1) is 0 Å². The van der Waals surface area contributed by atoms with E-state index in [4.69, 9.17) is 0 Å². The molecule has 29 heavy (non-hydrogen) atoms. The Morgan fingerprint density at radius 3 is 2.83 bits per heavy atom. The largest absolute Gasteiger partial charge is 0.306 e. The maximum absolute atomic E-state index is 14.2. The minimum Gasteiger partial charge on any atom is -0.306 e. The summed E-state index contributed by atoms with van der Waals surface area (Å²) in [5, 5.41) is 3.99. The summed E-state index contributed by atoms with van der Waals surface area (Å²) in [7, 11) is 0. The fourth-order valence-corrected chi connectivity index (χ4v) is 4.35. The van der Waals surface area contributed by atoms with Gasteiger partial charge in [0.1, 0.15) is 5.82 Å². The second-order valence-corrected chi connectivity index (χ2v) is 8.65. The van der Waals surface area contributed by atoms with Crippen molar-refractivity contribution in [3.63, 3.8) is 0 Å². The number of thiazole rings is 1. The third-order valence-corrected chi connectivity index (χ3v) is 5.76. The van der Waals surface area contributed by atoms with Gasteiger partial charge < -0.3 is 4.98 Å². The number of anilines is 1. The van der Waals surface area contributed by atoms with Crippen LogP contribution in [0.25, 0.3) is 10.3 Å². The molecule has 0 unspecified atom stereocenters. The Kier molecular flexibility index (Phi) is 4.85. The van der Waals surface area contributed by atoms with Crippen LogP contribution in [0, 0.1) is 6.92 Å². The third-order valence-electron chi connectivity index (χ3n) is 4.80. The number of hydrogen-bond donors (Lipinski definition) is 1. The monoisotopic (exact) mass is 415 g/mol. The van der Waals surface area contributed by atoms with Gasteiger partial charge in [0.15, 0.2) is 16.0 Å². The number of carbonyl (C=O) groups is 1. The summed E-state index contributed by atoms with van der Waals surface area (Å²) < 4.78 is 14.2. The highest BCUT2D eigenvalue weighted by Crippen LogP contribution is 2.31. The summed E-state index contributed by atoms with van der Waals surface area (Å²) in [4.78, 5) is 36.7. The molecule has 1 fully saturated rings. The summed E-state index contributed by atoms with van der Waals surface area (Å²) in [6, 6.07) is 7.87. The number of hydrazine groups is 1. The van der Waals surface area contributed by atoms with Crippen molar-refractivity contribution in [2.75, 3.05) is 18.1 Å². The number of nitrogens with zero attached hydrogens (tertiary/aromatic N) is 4. The van der Waals surface area contributed by atoms with Crippen molar-refractivity contribution in [3.05, 3.63) is 51.6 Å². The Bertz CT molecular complexity index is 1130. The van der Waals surface area contributed by atoms with Crippen molar-refractivity contribution < 1.29 is 9.18 Å². The van der Waals surface area contributed by atoms with Gasteiger partial charge in [0.2, 0.25) is 11.0 Å². The van der Waals surface area contributed by atoms with E-state index in [1.807, 2.05) is 31.2 Å². The SMILES string of the molecule is Cc1cccc(CC(=O)N2CCCN2c2nc3c(=O)[nH]c(C(C)(C)F)nc3s2)c1. The molecule has 1 aliphatic rings. The topological polar surface area (TPSA) is 82.2 Å². The summed E-state index contributed by atoms with van der Waals surface area (Å²) in [5.74, 6) is -0.0567. The van der Waals surface area contributed by atoms with Crippen LogP contribution in [0.3, 0.4) is 0 Å². The van der Waals surface area contributed by atoms with Crippen LogP contribution >= 0.6 is 11.3 Å². The molecule has 1 aliphatic heterocycles. The molecule has 3 heterocycles. The number of alkyl halides is 1. The van der Waals surface area contributed by atoms with Crippen LogP contribution < -0.4 is 10.6 Å². The van der Waals surface area contributed by atoms with E-state index in [0.29, 0.717) is 29.5 Å². The smallest absolute Gasteiger partial charge is 0.278 e. The Labute approximate surface area is 171 Å². The molecule has 0 spiro atoms. The summed E-state index contributed by atoms with van der Waals surface area (Å²) >= 11 is 1.19. The van der Waals surface area contributed by atoms with Crippen LogP contribution in [0.15, 0.2) is 29.1 Å². The minimum atomic E-state index is -1.76. The van der Waals surface area contributed by atoms with Crippen LogP contribution in [0.4, 0.5) is 9.52 Å². The molecule has 3 aromatic rings. The molecule has 9 heteroatoms. The highest BCUT2D eigenvalue weighted by molar-refractivity contribution is 7.21. The van der Waals surface area contributed by atoms with Crippen LogP contribution in [-0.2, 0) is 16.9 Å². The number of hydrogen-bond acceptors (Lipinski definition) is 6. The van der Waals surface area contributed by atoms with Crippen molar-refractivity contribution in [2.45, 2.75) is 39.3 Å². The Balaban J connectivity index is 1.63. The molecule has 2 aromatic heterocycles. The van der Waals surface area contributed by atoms with E-state index in [9.17, 15) is 14.0 Å². The number of halogens is 1. The van der Waals surface area contributed by atoms with E-state index < -0.39 is 11.2 Å². The van der Waals surface area contributed by atoms with Crippen LogP contribution in [-0.4, -0.2) is 39.0 Å². The van der Waals surface area contributed by atoms with Crippen molar-refractivity contribution in [2.24, 2.45) is 0 Å². The van der Waals surface area contributed by atoms with Gasteiger partial charge in [-0.3, -0.25) is 19.6 Å². The number of benzene rings is 1. The number of fused-ring (bicyclic) bond motifs is 1. The first kappa shape index (κ1) is 19.5. The zero-order valence-electron chi connectivity index (χ0n) is 16.5. The van der Waals surface area contributed by atoms with Crippen molar-refractivity contribution in [3.8, 4) is 0 Å². The highest BCUT2D eigenvalue weighted by atomic mass is 32.1. The number of aryl methyl sites for hydroxylation is 1. The Morgan fingerprint density at radius 2 is 2.10 bits per heavy atom. The molecule has 1 amide bonds. The Morgan fingerprint density at radius 1 is 1.31 bits per heavy atom. The molecule has 0 atom stereocenters. The zero-order chi connectivity index (χ0) is 20.8. The lowest BCUT2D eigenvalue weighted by molar-refractivity contribution is -0.130. The lowest BCUT2D eigenvalue weighted by Crippen LogP contribution is -2.42. The maximum atomic E-state index is 14.2.